The lowest BCUT2D eigenvalue weighted by molar-refractivity contribution is -0.137. The van der Waals surface area contributed by atoms with Crippen molar-refractivity contribution in [1.29, 1.82) is 0 Å². The van der Waals surface area contributed by atoms with Gasteiger partial charge in [-0.25, -0.2) is 0 Å². The quantitative estimate of drug-likeness (QED) is 0.308. The highest BCUT2D eigenvalue weighted by Gasteiger charge is 2.31. The number of halogens is 3. The third-order valence-corrected chi connectivity index (χ3v) is 7.49. The van der Waals surface area contributed by atoms with Gasteiger partial charge in [-0.3, -0.25) is 18.6 Å². The Morgan fingerprint density at radius 1 is 0.854 bits per heavy atom. The molecule has 0 bridgehead atoms. The van der Waals surface area contributed by atoms with Crippen LogP contribution in [0.2, 0.25) is 0 Å². The normalized spacial score (nSPS) is 14.2. The Bertz CT molecular complexity index is 1770. The highest BCUT2D eigenvalue weighted by molar-refractivity contribution is 5.81. The molecule has 8 nitrogen and oxygen atoms in total. The smallest absolute Gasteiger partial charge is 0.368 e. The fourth-order valence-electron chi connectivity index (χ4n) is 5.35. The van der Waals surface area contributed by atoms with E-state index in [1.54, 1.807) is 21.6 Å². The molecule has 3 heterocycles. The van der Waals surface area contributed by atoms with Gasteiger partial charge in [-0.15, -0.1) is 10.2 Å². The van der Waals surface area contributed by atoms with Crippen molar-refractivity contribution in [2.45, 2.75) is 25.6 Å². The van der Waals surface area contributed by atoms with Gasteiger partial charge in [0.25, 0.3) is 5.56 Å². The highest BCUT2D eigenvalue weighted by atomic mass is 19.4. The van der Waals surface area contributed by atoms with Crippen LogP contribution in [0.4, 0.5) is 18.9 Å². The average molecular weight is 561 g/mol. The first-order valence-corrected chi connectivity index (χ1v) is 13.4. The highest BCUT2D eigenvalue weighted by Crippen LogP contribution is 2.32. The zero-order valence-electron chi connectivity index (χ0n) is 22.1. The SMILES string of the molecule is O=C(CCc1nnc2n(Cc3ccccc3)c(=O)c3ccccc3n12)N1CCN(c2cccc(C(F)(F)F)c2)CC1. The van der Waals surface area contributed by atoms with Crippen LogP contribution in [0.25, 0.3) is 16.7 Å². The molecule has 11 heteroatoms. The van der Waals surface area contributed by atoms with Crippen LogP contribution in [-0.2, 0) is 23.9 Å². The van der Waals surface area contributed by atoms with Crippen molar-refractivity contribution in [3.05, 3.63) is 106 Å². The number of carbonyl (C=O) groups is 1. The van der Waals surface area contributed by atoms with Crippen molar-refractivity contribution in [2.24, 2.45) is 0 Å². The number of benzene rings is 3. The summed E-state index contributed by atoms with van der Waals surface area (Å²) in [7, 11) is 0. The molecular weight excluding hydrogens is 533 g/mol. The Balaban J connectivity index is 1.18. The number of nitrogens with zero attached hydrogens (tertiary/aromatic N) is 6. The van der Waals surface area contributed by atoms with Gasteiger partial charge < -0.3 is 9.80 Å². The minimum Gasteiger partial charge on any atom is -0.368 e. The number of fused-ring (bicyclic) bond motifs is 3. The Morgan fingerprint density at radius 2 is 1.59 bits per heavy atom. The van der Waals surface area contributed by atoms with Crippen LogP contribution in [0.15, 0.2) is 83.7 Å². The van der Waals surface area contributed by atoms with E-state index in [2.05, 4.69) is 10.2 Å². The minimum absolute atomic E-state index is 0.0626. The Labute approximate surface area is 233 Å². The van der Waals surface area contributed by atoms with Gasteiger partial charge in [-0.2, -0.15) is 13.2 Å². The summed E-state index contributed by atoms with van der Waals surface area (Å²) in [4.78, 5) is 30.1. The number of hydrogen-bond donors (Lipinski definition) is 0. The average Bonchev–Trinajstić information content (AvgIpc) is 3.42. The van der Waals surface area contributed by atoms with Gasteiger partial charge in [0, 0.05) is 44.7 Å². The number of carbonyl (C=O) groups excluding carboxylic acids is 1. The molecule has 41 heavy (non-hydrogen) atoms. The van der Waals surface area contributed by atoms with Crippen molar-refractivity contribution in [1.82, 2.24) is 24.1 Å². The number of rotatable bonds is 6. The fourth-order valence-corrected chi connectivity index (χ4v) is 5.35. The van der Waals surface area contributed by atoms with E-state index in [1.807, 2.05) is 57.8 Å². The Kier molecular flexibility index (Phi) is 6.94. The summed E-state index contributed by atoms with van der Waals surface area (Å²) in [5, 5.41) is 9.25. The lowest BCUT2D eigenvalue weighted by Gasteiger charge is -2.36. The van der Waals surface area contributed by atoms with E-state index in [4.69, 9.17) is 0 Å². The van der Waals surface area contributed by atoms with Gasteiger partial charge in [0.1, 0.15) is 5.82 Å². The standard InChI is InChI=1S/C30H27F3N6O2/c31-30(32,33)22-9-6-10-23(19-22)36-15-17-37(18-16-36)27(40)14-13-26-34-35-29-38(20-21-7-2-1-3-8-21)28(41)24-11-4-5-12-25(24)39(26)29/h1-12,19H,13-18,20H2. The molecule has 5 aromatic rings. The molecule has 1 fully saturated rings. The van der Waals surface area contributed by atoms with Crippen molar-refractivity contribution >= 4 is 28.3 Å². The number of anilines is 1. The number of alkyl halides is 3. The van der Waals surface area contributed by atoms with Gasteiger partial charge >= 0.3 is 6.18 Å². The molecule has 6 rings (SSSR count). The Morgan fingerprint density at radius 3 is 2.34 bits per heavy atom. The summed E-state index contributed by atoms with van der Waals surface area (Å²) in [5.74, 6) is 0.927. The molecule has 0 aliphatic carbocycles. The fraction of sp³-hybridized carbons (Fsp3) is 0.267. The topological polar surface area (TPSA) is 75.7 Å². The number of hydrogen-bond acceptors (Lipinski definition) is 5. The zero-order chi connectivity index (χ0) is 28.6. The van der Waals surface area contributed by atoms with E-state index in [-0.39, 0.29) is 17.9 Å². The summed E-state index contributed by atoms with van der Waals surface area (Å²) in [6.45, 7) is 2.04. The first-order valence-electron chi connectivity index (χ1n) is 13.4. The van der Waals surface area contributed by atoms with E-state index < -0.39 is 11.7 Å². The third kappa shape index (κ3) is 5.27. The van der Waals surface area contributed by atoms with E-state index in [0.29, 0.717) is 67.3 Å². The van der Waals surface area contributed by atoms with Gasteiger partial charge in [-0.05, 0) is 35.9 Å². The minimum atomic E-state index is -4.40. The molecular formula is C30H27F3N6O2. The number of amides is 1. The molecule has 1 amide bonds. The van der Waals surface area contributed by atoms with E-state index >= 15 is 0 Å². The molecule has 2 aromatic heterocycles. The van der Waals surface area contributed by atoms with Crippen LogP contribution in [0.1, 0.15) is 23.4 Å². The van der Waals surface area contributed by atoms with Crippen LogP contribution >= 0.6 is 0 Å². The molecule has 0 N–H and O–H groups in total. The summed E-state index contributed by atoms with van der Waals surface area (Å²) < 4.78 is 42.8. The summed E-state index contributed by atoms with van der Waals surface area (Å²) >= 11 is 0. The number of piperazine rings is 1. The number of para-hydroxylation sites is 1. The number of aryl methyl sites for hydroxylation is 1. The van der Waals surface area contributed by atoms with Crippen molar-refractivity contribution in [2.75, 3.05) is 31.1 Å². The predicted octanol–water partition coefficient (Wildman–Crippen LogP) is 4.39. The number of aromatic nitrogens is 4. The lowest BCUT2D eigenvalue weighted by Crippen LogP contribution is -2.48. The maximum Gasteiger partial charge on any atom is 0.416 e. The molecule has 1 aliphatic heterocycles. The van der Waals surface area contributed by atoms with E-state index in [0.717, 1.165) is 17.7 Å². The maximum atomic E-state index is 13.4. The van der Waals surface area contributed by atoms with Crippen LogP contribution in [-0.4, -0.2) is 56.2 Å². The van der Waals surface area contributed by atoms with Gasteiger partial charge in [0.05, 0.1) is 23.0 Å². The largest absolute Gasteiger partial charge is 0.416 e. The maximum absolute atomic E-state index is 13.4. The summed E-state index contributed by atoms with van der Waals surface area (Å²) in [6, 6.07) is 22.2. The molecule has 0 unspecified atom stereocenters. The van der Waals surface area contributed by atoms with Crippen LogP contribution in [0, 0.1) is 0 Å². The molecule has 210 valence electrons. The van der Waals surface area contributed by atoms with Crippen LogP contribution in [0.3, 0.4) is 0 Å². The lowest BCUT2D eigenvalue weighted by atomic mass is 10.1. The van der Waals surface area contributed by atoms with Crippen molar-refractivity contribution < 1.29 is 18.0 Å². The second-order valence-corrected chi connectivity index (χ2v) is 10.1. The first kappa shape index (κ1) is 26.5. The molecule has 0 radical (unpaired) electrons. The van der Waals surface area contributed by atoms with Gasteiger partial charge in [0.15, 0.2) is 0 Å². The second-order valence-electron chi connectivity index (χ2n) is 10.1. The van der Waals surface area contributed by atoms with E-state index in [1.165, 1.54) is 6.07 Å². The molecule has 3 aromatic carbocycles. The van der Waals surface area contributed by atoms with Crippen molar-refractivity contribution in [3.8, 4) is 0 Å². The molecule has 0 atom stereocenters. The summed E-state index contributed by atoms with van der Waals surface area (Å²) in [5.41, 5.74) is 1.28. The third-order valence-electron chi connectivity index (χ3n) is 7.49. The summed E-state index contributed by atoms with van der Waals surface area (Å²) in [6.07, 6.45) is -3.89. The molecule has 0 spiro atoms. The van der Waals surface area contributed by atoms with Crippen LogP contribution in [0.5, 0.6) is 0 Å². The monoisotopic (exact) mass is 560 g/mol. The second kappa shape index (κ2) is 10.7. The van der Waals surface area contributed by atoms with Crippen molar-refractivity contribution in [3.63, 3.8) is 0 Å². The van der Waals surface area contributed by atoms with E-state index in [9.17, 15) is 22.8 Å². The Hall–Kier alpha value is -4.67. The molecule has 0 saturated carbocycles. The van der Waals surface area contributed by atoms with Gasteiger partial charge in [0.2, 0.25) is 11.7 Å². The molecule has 1 aliphatic rings. The first-order chi connectivity index (χ1) is 19.8. The predicted molar refractivity (Wildman–Crippen MR) is 149 cm³/mol. The zero-order valence-corrected chi connectivity index (χ0v) is 22.1. The molecule has 1 saturated heterocycles. The van der Waals surface area contributed by atoms with Crippen LogP contribution < -0.4 is 10.5 Å². The van der Waals surface area contributed by atoms with Gasteiger partial charge in [-0.1, -0.05) is 48.5 Å².